The van der Waals surface area contributed by atoms with E-state index in [-0.39, 0.29) is 36.2 Å². The first kappa shape index (κ1) is 22.2. The second-order valence-electron chi connectivity index (χ2n) is 6.86. The normalized spacial score (nSPS) is 17.4. The SMILES string of the molecule is Cl.NC(CNC(=O)C1CCCN(C(=O)c2ccc(Cl)cc2)C1)c1ccccc1. The van der Waals surface area contributed by atoms with Crippen molar-refractivity contribution < 1.29 is 9.59 Å². The zero-order valence-corrected chi connectivity index (χ0v) is 17.1. The molecule has 3 rings (SSSR count). The van der Waals surface area contributed by atoms with Gasteiger partial charge < -0.3 is 16.0 Å². The lowest BCUT2D eigenvalue weighted by Gasteiger charge is -2.32. The first-order chi connectivity index (χ1) is 13.0. The predicted octanol–water partition coefficient (Wildman–Crippen LogP) is 3.43. The summed E-state index contributed by atoms with van der Waals surface area (Å²) < 4.78 is 0. The number of hydrogen-bond donors (Lipinski definition) is 2. The van der Waals surface area contributed by atoms with Gasteiger partial charge in [0, 0.05) is 36.3 Å². The number of carbonyl (C=O) groups is 2. The highest BCUT2D eigenvalue weighted by molar-refractivity contribution is 6.30. The van der Waals surface area contributed by atoms with Crippen molar-refractivity contribution in [3.63, 3.8) is 0 Å². The summed E-state index contributed by atoms with van der Waals surface area (Å²) in [5.74, 6) is -0.321. The molecule has 2 atom stereocenters. The molecule has 0 aromatic heterocycles. The predicted molar refractivity (Wildman–Crippen MR) is 114 cm³/mol. The van der Waals surface area contributed by atoms with Crippen LogP contribution in [0.25, 0.3) is 0 Å². The van der Waals surface area contributed by atoms with Gasteiger partial charge >= 0.3 is 0 Å². The number of rotatable bonds is 5. The van der Waals surface area contributed by atoms with E-state index in [0.717, 1.165) is 18.4 Å². The molecule has 28 heavy (non-hydrogen) atoms. The summed E-state index contributed by atoms with van der Waals surface area (Å²) in [4.78, 5) is 27.0. The van der Waals surface area contributed by atoms with Gasteiger partial charge in [0.15, 0.2) is 0 Å². The number of nitrogens with two attached hydrogens (primary N) is 1. The Bertz CT molecular complexity index is 784. The van der Waals surface area contributed by atoms with Gasteiger partial charge in [0.05, 0.1) is 5.92 Å². The van der Waals surface area contributed by atoms with Crippen molar-refractivity contribution >= 4 is 35.8 Å². The Kier molecular flexibility index (Phi) is 8.30. The third kappa shape index (κ3) is 5.71. The smallest absolute Gasteiger partial charge is 0.253 e. The van der Waals surface area contributed by atoms with E-state index < -0.39 is 0 Å². The maximum atomic E-state index is 12.7. The standard InChI is InChI=1S/C21H24ClN3O2.ClH/c22-18-10-8-16(9-11-18)21(27)25-12-4-7-17(14-25)20(26)24-13-19(23)15-5-2-1-3-6-15;/h1-3,5-6,8-11,17,19H,4,7,12-14,23H2,(H,24,26);1H. The number of carbonyl (C=O) groups excluding carboxylic acids is 2. The summed E-state index contributed by atoms with van der Waals surface area (Å²) >= 11 is 5.88. The van der Waals surface area contributed by atoms with E-state index >= 15 is 0 Å². The monoisotopic (exact) mass is 421 g/mol. The summed E-state index contributed by atoms with van der Waals surface area (Å²) in [6, 6.07) is 16.3. The van der Waals surface area contributed by atoms with E-state index in [1.54, 1.807) is 29.2 Å². The van der Waals surface area contributed by atoms with Gasteiger partial charge in [-0.2, -0.15) is 0 Å². The molecule has 1 aliphatic rings. The number of nitrogens with zero attached hydrogens (tertiary/aromatic N) is 1. The number of nitrogens with one attached hydrogen (secondary N) is 1. The number of benzene rings is 2. The molecule has 2 amide bonds. The second kappa shape index (κ2) is 10.5. The van der Waals surface area contributed by atoms with Gasteiger partial charge in [0.2, 0.25) is 5.91 Å². The number of halogens is 2. The van der Waals surface area contributed by atoms with Crippen LogP contribution in [0.3, 0.4) is 0 Å². The van der Waals surface area contributed by atoms with E-state index in [4.69, 9.17) is 17.3 Å². The molecule has 150 valence electrons. The van der Waals surface area contributed by atoms with Crippen molar-refractivity contribution in [2.45, 2.75) is 18.9 Å². The Morgan fingerprint density at radius 1 is 1.14 bits per heavy atom. The third-order valence-corrected chi connectivity index (χ3v) is 5.15. The van der Waals surface area contributed by atoms with Gasteiger partial charge in [-0.15, -0.1) is 12.4 Å². The van der Waals surface area contributed by atoms with Gasteiger partial charge in [-0.3, -0.25) is 9.59 Å². The number of piperidine rings is 1. The molecule has 3 N–H and O–H groups in total. The highest BCUT2D eigenvalue weighted by atomic mass is 35.5. The Morgan fingerprint density at radius 3 is 2.50 bits per heavy atom. The summed E-state index contributed by atoms with van der Waals surface area (Å²) in [7, 11) is 0. The van der Waals surface area contributed by atoms with Gasteiger partial charge in [0.1, 0.15) is 0 Å². The molecule has 0 bridgehead atoms. The van der Waals surface area contributed by atoms with Crippen molar-refractivity contribution in [2.24, 2.45) is 11.7 Å². The first-order valence-corrected chi connectivity index (χ1v) is 9.55. The van der Waals surface area contributed by atoms with Crippen LogP contribution in [0.2, 0.25) is 5.02 Å². The molecule has 0 aliphatic carbocycles. The first-order valence-electron chi connectivity index (χ1n) is 9.17. The largest absolute Gasteiger partial charge is 0.354 e. The molecule has 1 saturated heterocycles. The Morgan fingerprint density at radius 2 is 1.82 bits per heavy atom. The summed E-state index contributed by atoms with van der Waals surface area (Å²) in [6.45, 7) is 1.47. The van der Waals surface area contributed by atoms with Crippen LogP contribution in [0.1, 0.15) is 34.8 Å². The fourth-order valence-corrected chi connectivity index (χ4v) is 3.45. The maximum absolute atomic E-state index is 12.7. The lowest BCUT2D eigenvalue weighted by atomic mass is 9.96. The van der Waals surface area contributed by atoms with Crippen LogP contribution in [-0.4, -0.2) is 36.3 Å². The topological polar surface area (TPSA) is 75.4 Å². The molecule has 1 aliphatic heterocycles. The average molecular weight is 422 g/mol. The molecule has 0 saturated carbocycles. The van der Waals surface area contributed by atoms with E-state index in [1.165, 1.54) is 0 Å². The zero-order chi connectivity index (χ0) is 19.2. The molecule has 1 fully saturated rings. The van der Waals surface area contributed by atoms with E-state index in [2.05, 4.69) is 5.32 Å². The summed E-state index contributed by atoms with van der Waals surface area (Å²) in [5, 5.41) is 3.53. The van der Waals surface area contributed by atoms with Crippen LogP contribution < -0.4 is 11.1 Å². The molecule has 2 unspecified atom stereocenters. The molecular formula is C21H25Cl2N3O2. The minimum Gasteiger partial charge on any atom is -0.354 e. The lowest BCUT2D eigenvalue weighted by Crippen LogP contribution is -2.46. The summed E-state index contributed by atoms with van der Waals surface area (Å²) in [5.41, 5.74) is 7.72. The number of likely N-dealkylation sites (tertiary alicyclic amines) is 1. The van der Waals surface area contributed by atoms with Crippen LogP contribution in [0.15, 0.2) is 54.6 Å². The molecule has 2 aromatic carbocycles. The van der Waals surface area contributed by atoms with Crippen LogP contribution >= 0.6 is 24.0 Å². The van der Waals surface area contributed by atoms with Crippen molar-refractivity contribution in [3.05, 3.63) is 70.7 Å². The second-order valence-corrected chi connectivity index (χ2v) is 7.30. The fourth-order valence-electron chi connectivity index (χ4n) is 3.32. The Balaban J connectivity index is 0.00000280. The van der Waals surface area contributed by atoms with Crippen LogP contribution in [0, 0.1) is 5.92 Å². The van der Waals surface area contributed by atoms with Gasteiger partial charge in [0.25, 0.3) is 5.91 Å². The van der Waals surface area contributed by atoms with Gasteiger partial charge in [-0.25, -0.2) is 0 Å². The number of amides is 2. The molecule has 7 heteroatoms. The molecule has 0 spiro atoms. The van der Waals surface area contributed by atoms with Crippen LogP contribution in [0.4, 0.5) is 0 Å². The fraction of sp³-hybridized carbons (Fsp3) is 0.333. The average Bonchev–Trinajstić information content (AvgIpc) is 2.72. The van der Waals surface area contributed by atoms with Crippen LogP contribution in [0.5, 0.6) is 0 Å². The van der Waals surface area contributed by atoms with Gasteiger partial charge in [-0.1, -0.05) is 41.9 Å². The zero-order valence-electron chi connectivity index (χ0n) is 15.5. The van der Waals surface area contributed by atoms with Crippen LogP contribution in [-0.2, 0) is 4.79 Å². The maximum Gasteiger partial charge on any atom is 0.253 e. The molecule has 1 heterocycles. The van der Waals surface area contributed by atoms with E-state index in [9.17, 15) is 9.59 Å². The Hall–Kier alpha value is -2.08. The molecule has 2 aromatic rings. The molecular weight excluding hydrogens is 397 g/mol. The van der Waals surface area contributed by atoms with Crippen molar-refractivity contribution in [3.8, 4) is 0 Å². The van der Waals surface area contributed by atoms with Gasteiger partial charge in [-0.05, 0) is 42.7 Å². The summed E-state index contributed by atoms with van der Waals surface area (Å²) in [6.07, 6.45) is 1.58. The van der Waals surface area contributed by atoms with E-state index in [1.807, 2.05) is 30.3 Å². The van der Waals surface area contributed by atoms with Crippen molar-refractivity contribution in [2.75, 3.05) is 19.6 Å². The molecule has 0 radical (unpaired) electrons. The third-order valence-electron chi connectivity index (χ3n) is 4.89. The lowest BCUT2D eigenvalue weighted by molar-refractivity contribution is -0.126. The Labute approximate surface area is 176 Å². The highest BCUT2D eigenvalue weighted by Crippen LogP contribution is 2.20. The molecule has 5 nitrogen and oxygen atoms in total. The van der Waals surface area contributed by atoms with Crippen molar-refractivity contribution in [1.82, 2.24) is 10.2 Å². The highest BCUT2D eigenvalue weighted by Gasteiger charge is 2.29. The minimum atomic E-state index is -0.245. The number of hydrogen-bond acceptors (Lipinski definition) is 3. The minimum absolute atomic E-state index is 0. The van der Waals surface area contributed by atoms with E-state index in [0.29, 0.717) is 30.2 Å². The van der Waals surface area contributed by atoms with Crippen molar-refractivity contribution in [1.29, 1.82) is 0 Å². The quantitative estimate of drug-likeness (QED) is 0.775.